The van der Waals surface area contributed by atoms with Gasteiger partial charge < -0.3 is 10.2 Å². The second-order valence-electron chi connectivity index (χ2n) is 6.03. The molecule has 0 bridgehead atoms. The Morgan fingerprint density at radius 1 is 1.35 bits per heavy atom. The van der Waals surface area contributed by atoms with Gasteiger partial charge in [-0.3, -0.25) is 0 Å². The molecule has 2 atom stereocenters. The van der Waals surface area contributed by atoms with E-state index in [1.807, 2.05) is 0 Å². The molecule has 0 aromatic carbocycles. The van der Waals surface area contributed by atoms with Crippen molar-refractivity contribution in [3.63, 3.8) is 0 Å². The second kappa shape index (κ2) is 7.01. The summed E-state index contributed by atoms with van der Waals surface area (Å²) in [5.74, 6) is 2.21. The SMILES string of the molecule is CC(C)CC1CN(CC2CCCS2)CCCN1. The minimum atomic E-state index is 0.726. The Morgan fingerprint density at radius 3 is 2.94 bits per heavy atom. The van der Waals surface area contributed by atoms with E-state index in [2.05, 4.69) is 35.8 Å². The minimum absolute atomic E-state index is 0.726. The smallest absolute Gasteiger partial charge is 0.0197 e. The molecule has 0 radical (unpaired) electrons. The van der Waals surface area contributed by atoms with Crippen molar-refractivity contribution < 1.29 is 0 Å². The highest BCUT2D eigenvalue weighted by atomic mass is 32.2. The van der Waals surface area contributed by atoms with E-state index in [4.69, 9.17) is 0 Å². The van der Waals surface area contributed by atoms with Crippen LogP contribution < -0.4 is 5.32 Å². The largest absolute Gasteiger partial charge is 0.313 e. The lowest BCUT2D eigenvalue weighted by Gasteiger charge is -2.27. The van der Waals surface area contributed by atoms with Gasteiger partial charge in [-0.15, -0.1) is 0 Å². The Bertz CT molecular complexity index is 214. The molecule has 2 aliphatic heterocycles. The molecule has 0 aromatic rings. The van der Waals surface area contributed by atoms with Crippen molar-refractivity contribution in [3.8, 4) is 0 Å². The highest BCUT2D eigenvalue weighted by Crippen LogP contribution is 2.27. The van der Waals surface area contributed by atoms with Gasteiger partial charge >= 0.3 is 0 Å². The summed E-state index contributed by atoms with van der Waals surface area (Å²) in [5, 5.41) is 4.64. The van der Waals surface area contributed by atoms with Crippen molar-refractivity contribution in [2.24, 2.45) is 5.92 Å². The summed E-state index contributed by atoms with van der Waals surface area (Å²) in [5.41, 5.74) is 0. The van der Waals surface area contributed by atoms with Crippen LogP contribution in [0.3, 0.4) is 0 Å². The normalized spacial score (nSPS) is 31.9. The lowest BCUT2D eigenvalue weighted by molar-refractivity contribution is 0.255. The molecule has 2 nitrogen and oxygen atoms in total. The van der Waals surface area contributed by atoms with E-state index in [0.717, 1.165) is 17.2 Å². The quantitative estimate of drug-likeness (QED) is 0.832. The van der Waals surface area contributed by atoms with Crippen molar-refractivity contribution >= 4 is 11.8 Å². The zero-order chi connectivity index (χ0) is 12.1. The van der Waals surface area contributed by atoms with Gasteiger partial charge in [0.2, 0.25) is 0 Å². The highest BCUT2D eigenvalue weighted by Gasteiger charge is 2.23. The first-order valence-corrected chi connectivity index (χ1v) is 8.36. The van der Waals surface area contributed by atoms with Crippen LogP contribution in [-0.2, 0) is 0 Å². The average molecular weight is 256 g/mol. The molecule has 0 spiro atoms. The molecule has 0 saturated carbocycles. The summed E-state index contributed by atoms with van der Waals surface area (Å²) >= 11 is 2.20. The third-order valence-corrected chi connectivity index (χ3v) is 5.19. The van der Waals surface area contributed by atoms with Crippen LogP contribution in [-0.4, -0.2) is 48.1 Å². The fourth-order valence-electron chi connectivity index (χ4n) is 3.05. The molecule has 2 fully saturated rings. The fraction of sp³-hybridized carbons (Fsp3) is 1.00. The molecule has 0 aromatic heterocycles. The van der Waals surface area contributed by atoms with Crippen LogP contribution in [0.2, 0.25) is 0 Å². The molecule has 2 unspecified atom stereocenters. The summed E-state index contributed by atoms with van der Waals surface area (Å²) in [6, 6.07) is 0.726. The molecule has 2 saturated heterocycles. The number of rotatable bonds is 4. The molecular formula is C14H28N2S. The molecular weight excluding hydrogens is 228 g/mol. The Kier molecular flexibility index (Phi) is 5.64. The molecule has 17 heavy (non-hydrogen) atoms. The lowest BCUT2D eigenvalue weighted by Crippen LogP contribution is -2.40. The maximum absolute atomic E-state index is 3.72. The first-order chi connectivity index (χ1) is 8.24. The second-order valence-corrected chi connectivity index (χ2v) is 7.44. The van der Waals surface area contributed by atoms with Crippen LogP contribution in [0.15, 0.2) is 0 Å². The Labute approximate surface area is 111 Å². The molecule has 0 amide bonds. The molecule has 0 aliphatic carbocycles. The Morgan fingerprint density at radius 2 is 2.24 bits per heavy atom. The topological polar surface area (TPSA) is 15.3 Å². The standard InChI is InChI=1S/C14H28N2S/c1-12(2)9-13-10-16(7-4-6-15-13)11-14-5-3-8-17-14/h12-15H,3-11H2,1-2H3. The van der Waals surface area contributed by atoms with Crippen LogP contribution in [0, 0.1) is 5.92 Å². The van der Waals surface area contributed by atoms with Crippen molar-refractivity contribution in [2.45, 2.75) is 50.8 Å². The van der Waals surface area contributed by atoms with E-state index in [-0.39, 0.29) is 0 Å². The lowest BCUT2D eigenvalue weighted by atomic mass is 10.0. The van der Waals surface area contributed by atoms with Crippen LogP contribution >= 0.6 is 11.8 Å². The summed E-state index contributed by atoms with van der Waals surface area (Å²) in [6.45, 7) is 9.80. The highest BCUT2D eigenvalue weighted by molar-refractivity contribution is 8.00. The van der Waals surface area contributed by atoms with Gasteiger partial charge in [-0.1, -0.05) is 13.8 Å². The maximum atomic E-state index is 3.72. The summed E-state index contributed by atoms with van der Waals surface area (Å²) in [6.07, 6.45) is 5.54. The van der Waals surface area contributed by atoms with Gasteiger partial charge in [0.25, 0.3) is 0 Å². The summed E-state index contributed by atoms with van der Waals surface area (Å²) in [4.78, 5) is 2.72. The summed E-state index contributed by atoms with van der Waals surface area (Å²) in [7, 11) is 0. The van der Waals surface area contributed by atoms with E-state index in [1.165, 1.54) is 57.6 Å². The fourth-order valence-corrected chi connectivity index (χ4v) is 4.36. The van der Waals surface area contributed by atoms with Crippen LogP contribution in [0.25, 0.3) is 0 Å². The van der Waals surface area contributed by atoms with Crippen molar-refractivity contribution in [1.29, 1.82) is 0 Å². The van der Waals surface area contributed by atoms with Crippen LogP contribution in [0.1, 0.15) is 39.5 Å². The number of hydrogen-bond donors (Lipinski definition) is 1. The van der Waals surface area contributed by atoms with Crippen molar-refractivity contribution in [3.05, 3.63) is 0 Å². The third-order valence-electron chi connectivity index (χ3n) is 3.80. The molecule has 2 aliphatic rings. The zero-order valence-electron chi connectivity index (χ0n) is 11.5. The predicted octanol–water partition coefficient (Wildman–Crippen LogP) is 2.59. The van der Waals surface area contributed by atoms with E-state index in [9.17, 15) is 0 Å². The monoisotopic (exact) mass is 256 g/mol. The van der Waals surface area contributed by atoms with Gasteiger partial charge in [-0.2, -0.15) is 11.8 Å². The zero-order valence-corrected chi connectivity index (χ0v) is 12.3. The van der Waals surface area contributed by atoms with E-state index in [1.54, 1.807) is 0 Å². The molecule has 2 heterocycles. The first kappa shape index (κ1) is 13.7. The van der Waals surface area contributed by atoms with Crippen LogP contribution in [0.4, 0.5) is 0 Å². The van der Waals surface area contributed by atoms with E-state index in [0.29, 0.717) is 0 Å². The number of nitrogens with one attached hydrogen (secondary N) is 1. The first-order valence-electron chi connectivity index (χ1n) is 7.31. The van der Waals surface area contributed by atoms with Gasteiger partial charge in [0.05, 0.1) is 0 Å². The van der Waals surface area contributed by atoms with Crippen molar-refractivity contribution in [1.82, 2.24) is 10.2 Å². The molecule has 1 N–H and O–H groups in total. The molecule has 3 heteroatoms. The van der Waals surface area contributed by atoms with Crippen LogP contribution in [0.5, 0.6) is 0 Å². The molecule has 100 valence electrons. The van der Waals surface area contributed by atoms with Gasteiger partial charge in [-0.05, 0) is 50.4 Å². The number of nitrogens with zero attached hydrogens (tertiary/aromatic N) is 1. The van der Waals surface area contributed by atoms with Gasteiger partial charge in [0.1, 0.15) is 0 Å². The van der Waals surface area contributed by atoms with E-state index >= 15 is 0 Å². The Balaban J connectivity index is 1.79. The van der Waals surface area contributed by atoms with Gasteiger partial charge in [0.15, 0.2) is 0 Å². The molecule has 2 rings (SSSR count). The summed E-state index contributed by atoms with van der Waals surface area (Å²) < 4.78 is 0. The maximum Gasteiger partial charge on any atom is 0.0197 e. The van der Waals surface area contributed by atoms with Crippen molar-refractivity contribution in [2.75, 3.05) is 31.9 Å². The van der Waals surface area contributed by atoms with Gasteiger partial charge in [-0.25, -0.2) is 0 Å². The minimum Gasteiger partial charge on any atom is -0.313 e. The van der Waals surface area contributed by atoms with E-state index < -0.39 is 0 Å². The number of hydrogen-bond acceptors (Lipinski definition) is 3. The average Bonchev–Trinajstić information content (AvgIpc) is 2.66. The Hall–Kier alpha value is 0.270. The predicted molar refractivity (Wildman–Crippen MR) is 77.8 cm³/mol. The number of thioether (sulfide) groups is 1. The van der Waals surface area contributed by atoms with Gasteiger partial charge in [0, 0.05) is 24.4 Å². The third kappa shape index (κ3) is 4.80.